The fourth-order valence-electron chi connectivity index (χ4n) is 1.32. The zero-order valence-electron chi connectivity index (χ0n) is 9.36. The van der Waals surface area contributed by atoms with E-state index in [9.17, 15) is 35.5 Å². The maximum Gasteiger partial charge on any atom is 0.460 e. The van der Waals surface area contributed by atoms with Crippen LogP contribution in [0.3, 0.4) is 0 Å². The van der Waals surface area contributed by atoms with Gasteiger partial charge >= 0.3 is 18.0 Å². The van der Waals surface area contributed by atoms with E-state index < -0.39 is 29.4 Å². The molecule has 0 bridgehead atoms. The summed E-state index contributed by atoms with van der Waals surface area (Å²) in [6.07, 6.45) is -6.52. The number of halogens is 7. The van der Waals surface area contributed by atoms with Crippen molar-refractivity contribution in [1.82, 2.24) is 0 Å². The van der Waals surface area contributed by atoms with Gasteiger partial charge in [-0.15, -0.1) is 0 Å². The van der Waals surface area contributed by atoms with E-state index in [1.54, 1.807) is 0 Å². The summed E-state index contributed by atoms with van der Waals surface area (Å²) in [5.74, 6) is -14.9. The predicted molar refractivity (Wildman–Crippen MR) is 51.5 cm³/mol. The third kappa shape index (κ3) is 2.43. The second-order valence-electron chi connectivity index (χ2n) is 3.79. The van der Waals surface area contributed by atoms with E-state index in [0.717, 1.165) is 25.1 Å². The van der Waals surface area contributed by atoms with Crippen molar-refractivity contribution in [3.8, 4) is 0 Å². The molecule has 19 heavy (non-hydrogen) atoms. The molecule has 0 saturated carbocycles. The Bertz CT molecular complexity index is 490. The maximum absolute atomic E-state index is 13.1. The summed E-state index contributed by atoms with van der Waals surface area (Å²) in [5.41, 5.74) is -0.999. The van der Waals surface area contributed by atoms with Crippen LogP contribution in [0.2, 0.25) is 0 Å². The molecule has 0 aliphatic carbocycles. The van der Waals surface area contributed by atoms with Gasteiger partial charge in [0.15, 0.2) is 0 Å². The molecule has 0 aliphatic heterocycles. The number of rotatable bonds is 3. The van der Waals surface area contributed by atoms with Crippen molar-refractivity contribution in [2.75, 3.05) is 0 Å². The minimum absolute atomic E-state index is 0.120. The van der Waals surface area contributed by atoms with Gasteiger partial charge in [0.05, 0.1) is 0 Å². The first-order chi connectivity index (χ1) is 8.43. The smallest absolute Gasteiger partial charge is 0.287 e. The zero-order chi connectivity index (χ0) is 15.1. The third-order valence-corrected chi connectivity index (χ3v) is 2.43. The molecule has 0 heterocycles. The zero-order valence-corrected chi connectivity index (χ0v) is 9.36. The Balaban J connectivity index is 3.29. The number of benzene rings is 1. The molecule has 0 spiro atoms. The van der Waals surface area contributed by atoms with Crippen LogP contribution in [0, 0.1) is 6.92 Å². The lowest BCUT2D eigenvalue weighted by Gasteiger charge is -2.27. The highest BCUT2D eigenvalue weighted by Crippen LogP contribution is 2.47. The van der Waals surface area contributed by atoms with E-state index in [0.29, 0.717) is 0 Å². The summed E-state index contributed by atoms with van der Waals surface area (Å²) in [6, 6.07) is 4.32. The molecule has 0 fully saturated rings. The van der Waals surface area contributed by atoms with Crippen LogP contribution in [-0.2, 0) is 0 Å². The summed E-state index contributed by atoms with van der Waals surface area (Å²) >= 11 is 0. The van der Waals surface area contributed by atoms with Crippen molar-refractivity contribution < 1.29 is 35.5 Å². The number of alkyl halides is 7. The summed E-state index contributed by atoms with van der Waals surface area (Å²) in [4.78, 5) is 11.3. The highest BCUT2D eigenvalue weighted by molar-refractivity contribution is 6.03. The van der Waals surface area contributed by atoms with E-state index >= 15 is 0 Å². The van der Waals surface area contributed by atoms with E-state index in [1.807, 2.05) is 0 Å². The highest BCUT2D eigenvalue weighted by atomic mass is 19.4. The number of carbonyl (C=O) groups is 1. The Morgan fingerprint density at radius 3 is 1.84 bits per heavy atom. The third-order valence-electron chi connectivity index (χ3n) is 2.43. The van der Waals surface area contributed by atoms with Crippen LogP contribution < -0.4 is 0 Å². The van der Waals surface area contributed by atoms with Crippen molar-refractivity contribution in [2.45, 2.75) is 24.9 Å². The van der Waals surface area contributed by atoms with Gasteiger partial charge in [0.2, 0.25) is 5.78 Å². The quantitative estimate of drug-likeness (QED) is 0.606. The molecular formula is C11H7F7O. The first kappa shape index (κ1) is 15.5. The van der Waals surface area contributed by atoms with Gasteiger partial charge in [-0.2, -0.15) is 30.7 Å². The Kier molecular flexibility index (Phi) is 3.66. The molecule has 1 rings (SSSR count). The maximum atomic E-state index is 13.1. The molecule has 0 aliphatic rings. The Labute approximate surface area is 103 Å². The molecule has 8 heteroatoms. The van der Waals surface area contributed by atoms with E-state index in [2.05, 4.69) is 0 Å². The van der Waals surface area contributed by atoms with Crippen molar-refractivity contribution in [3.05, 3.63) is 35.4 Å². The van der Waals surface area contributed by atoms with Crippen molar-refractivity contribution in [1.29, 1.82) is 0 Å². The molecule has 106 valence electrons. The molecule has 0 saturated heterocycles. The van der Waals surface area contributed by atoms with Crippen LogP contribution in [0.5, 0.6) is 0 Å². The molecule has 0 atom stereocenters. The molecule has 0 radical (unpaired) electrons. The Hall–Kier alpha value is -1.60. The lowest BCUT2D eigenvalue weighted by molar-refractivity contribution is -0.339. The SMILES string of the molecule is Cc1ccccc1C(=O)C(F)(F)C(F)(F)C(F)(F)F. The lowest BCUT2D eigenvalue weighted by Crippen LogP contribution is -2.56. The average molecular weight is 288 g/mol. The average Bonchev–Trinajstić information content (AvgIpc) is 2.27. The largest absolute Gasteiger partial charge is 0.460 e. The monoisotopic (exact) mass is 288 g/mol. The van der Waals surface area contributed by atoms with Gasteiger partial charge < -0.3 is 0 Å². The van der Waals surface area contributed by atoms with Crippen LogP contribution in [0.15, 0.2) is 24.3 Å². The number of aryl methyl sites for hydroxylation is 1. The van der Waals surface area contributed by atoms with Crippen molar-refractivity contribution in [2.24, 2.45) is 0 Å². The summed E-state index contributed by atoms with van der Waals surface area (Å²) in [6.45, 7) is 1.15. The topological polar surface area (TPSA) is 17.1 Å². The number of carbonyl (C=O) groups excluding carboxylic acids is 1. The van der Waals surface area contributed by atoms with Crippen molar-refractivity contribution >= 4 is 5.78 Å². The Morgan fingerprint density at radius 2 is 1.42 bits per heavy atom. The van der Waals surface area contributed by atoms with Gasteiger partial charge in [0, 0.05) is 5.56 Å². The van der Waals surface area contributed by atoms with Gasteiger partial charge in [-0.25, -0.2) is 0 Å². The predicted octanol–water partition coefficient (Wildman–Crippen LogP) is 4.01. The normalized spacial score (nSPS) is 13.5. The second kappa shape index (κ2) is 4.50. The van der Waals surface area contributed by atoms with Gasteiger partial charge in [-0.3, -0.25) is 4.79 Å². The molecule has 1 aromatic rings. The summed E-state index contributed by atoms with van der Waals surface area (Å²) < 4.78 is 87.4. The second-order valence-corrected chi connectivity index (χ2v) is 3.79. The summed E-state index contributed by atoms with van der Waals surface area (Å²) in [7, 11) is 0. The number of Topliss-reactive ketones (excluding diaryl/α,β-unsaturated/α-hetero) is 1. The molecule has 0 aromatic heterocycles. The van der Waals surface area contributed by atoms with Gasteiger partial charge in [0.1, 0.15) is 0 Å². The van der Waals surface area contributed by atoms with Crippen molar-refractivity contribution in [3.63, 3.8) is 0 Å². The minimum atomic E-state index is -6.52. The molecule has 0 unspecified atom stereocenters. The summed E-state index contributed by atoms with van der Waals surface area (Å²) in [5, 5.41) is 0. The highest BCUT2D eigenvalue weighted by Gasteiger charge is 2.76. The Morgan fingerprint density at radius 1 is 0.947 bits per heavy atom. The van der Waals surface area contributed by atoms with Crippen LogP contribution in [0.25, 0.3) is 0 Å². The van der Waals surface area contributed by atoms with E-state index in [-0.39, 0.29) is 5.56 Å². The van der Waals surface area contributed by atoms with Gasteiger partial charge in [-0.05, 0) is 12.5 Å². The van der Waals surface area contributed by atoms with Crippen LogP contribution in [0.1, 0.15) is 15.9 Å². The minimum Gasteiger partial charge on any atom is -0.287 e. The molecule has 0 amide bonds. The standard InChI is InChI=1S/C11H7F7O/c1-6-4-2-3-5-7(6)8(19)9(12,13)10(14,15)11(16,17)18/h2-5H,1H3. The lowest BCUT2D eigenvalue weighted by atomic mass is 9.96. The van der Waals surface area contributed by atoms with E-state index in [1.165, 1.54) is 6.07 Å². The van der Waals surface area contributed by atoms with Crippen LogP contribution >= 0.6 is 0 Å². The first-order valence-electron chi connectivity index (χ1n) is 4.85. The molecule has 0 N–H and O–H groups in total. The number of ketones is 1. The van der Waals surface area contributed by atoms with E-state index in [4.69, 9.17) is 0 Å². The first-order valence-corrected chi connectivity index (χ1v) is 4.85. The van der Waals surface area contributed by atoms with Gasteiger partial charge in [0.25, 0.3) is 0 Å². The van der Waals surface area contributed by atoms with Crippen LogP contribution in [-0.4, -0.2) is 23.8 Å². The number of hydrogen-bond donors (Lipinski definition) is 0. The fraction of sp³-hybridized carbons (Fsp3) is 0.364. The van der Waals surface area contributed by atoms with Crippen LogP contribution in [0.4, 0.5) is 30.7 Å². The van der Waals surface area contributed by atoms with Gasteiger partial charge in [-0.1, -0.05) is 24.3 Å². The fourth-order valence-corrected chi connectivity index (χ4v) is 1.32. The molecule has 1 nitrogen and oxygen atoms in total. The number of hydrogen-bond acceptors (Lipinski definition) is 1. The molecule has 1 aromatic carbocycles. The molecular weight excluding hydrogens is 281 g/mol.